The van der Waals surface area contributed by atoms with Crippen molar-refractivity contribution in [3.63, 3.8) is 0 Å². The van der Waals surface area contributed by atoms with Crippen molar-refractivity contribution in [1.82, 2.24) is 4.90 Å². The maximum Gasteiger partial charge on any atom is 0.411 e. The van der Waals surface area contributed by atoms with Crippen LogP contribution in [-0.2, 0) is 9.53 Å². The van der Waals surface area contributed by atoms with Crippen molar-refractivity contribution in [2.24, 2.45) is 5.92 Å². The average Bonchev–Trinajstić information content (AvgIpc) is 2.40. The molecule has 1 saturated heterocycles. The number of rotatable bonds is 1. The van der Waals surface area contributed by atoms with Gasteiger partial charge in [-0.15, -0.1) is 0 Å². The zero-order chi connectivity index (χ0) is 13.4. The maximum atomic E-state index is 12.0. The van der Waals surface area contributed by atoms with E-state index in [9.17, 15) is 9.59 Å². The van der Waals surface area contributed by atoms with Crippen LogP contribution in [0.2, 0.25) is 0 Å². The molecule has 1 aliphatic rings. The van der Waals surface area contributed by atoms with E-state index in [1.807, 2.05) is 13.8 Å². The van der Waals surface area contributed by atoms with E-state index in [-0.39, 0.29) is 12.0 Å². The minimum Gasteiger partial charge on any atom is -0.480 e. The van der Waals surface area contributed by atoms with E-state index in [1.54, 1.807) is 20.8 Å². The second-order valence-corrected chi connectivity index (χ2v) is 5.70. The zero-order valence-electron chi connectivity index (χ0n) is 11.1. The molecule has 0 bridgehead atoms. The molecule has 5 nitrogen and oxygen atoms in total. The molecule has 1 fully saturated rings. The lowest BCUT2D eigenvalue weighted by Gasteiger charge is -2.30. The summed E-state index contributed by atoms with van der Waals surface area (Å²) in [6.45, 7) is 9.11. The van der Waals surface area contributed by atoms with Crippen molar-refractivity contribution in [2.45, 2.75) is 58.7 Å². The van der Waals surface area contributed by atoms with Gasteiger partial charge in [0.2, 0.25) is 0 Å². The summed E-state index contributed by atoms with van der Waals surface area (Å²) in [6.07, 6.45) is -0.0582. The van der Waals surface area contributed by atoms with E-state index in [0.717, 1.165) is 0 Å². The third-order valence-electron chi connectivity index (χ3n) is 3.08. The molecule has 1 heterocycles. The Morgan fingerprint density at radius 3 is 2.24 bits per heavy atom. The smallest absolute Gasteiger partial charge is 0.411 e. The lowest BCUT2D eigenvalue weighted by Crippen LogP contribution is -2.46. The van der Waals surface area contributed by atoms with E-state index in [4.69, 9.17) is 9.84 Å². The molecular weight excluding hydrogens is 222 g/mol. The highest BCUT2D eigenvalue weighted by Gasteiger charge is 2.44. The summed E-state index contributed by atoms with van der Waals surface area (Å²) in [5, 5.41) is 9.12. The van der Waals surface area contributed by atoms with Gasteiger partial charge in [-0.3, -0.25) is 4.90 Å². The van der Waals surface area contributed by atoms with E-state index < -0.39 is 23.7 Å². The van der Waals surface area contributed by atoms with E-state index in [2.05, 4.69) is 0 Å². The largest absolute Gasteiger partial charge is 0.480 e. The first-order valence-electron chi connectivity index (χ1n) is 5.87. The van der Waals surface area contributed by atoms with Crippen molar-refractivity contribution in [3.05, 3.63) is 0 Å². The van der Waals surface area contributed by atoms with Crippen molar-refractivity contribution < 1.29 is 19.4 Å². The zero-order valence-corrected chi connectivity index (χ0v) is 11.1. The minimum atomic E-state index is -0.966. The number of hydrogen-bond acceptors (Lipinski definition) is 3. The number of nitrogens with zero attached hydrogens (tertiary/aromatic N) is 1. The Kier molecular flexibility index (Phi) is 3.69. The van der Waals surface area contributed by atoms with Gasteiger partial charge in [-0.25, -0.2) is 9.59 Å². The molecule has 0 aromatic rings. The number of carboxylic acids is 1. The van der Waals surface area contributed by atoms with Crippen LogP contribution < -0.4 is 0 Å². The topological polar surface area (TPSA) is 66.8 Å². The number of ether oxygens (including phenoxy) is 1. The molecule has 0 radical (unpaired) electrons. The molecule has 1 aliphatic heterocycles. The molecule has 0 spiro atoms. The number of carbonyl (C=O) groups excluding carboxylic acids is 1. The molecule has 1 amide bonds. The number of likely N-dealkylation sites (tertiary alicyclic amines) is 1. The molecule has 3 atom stereocenters. The van der Waals surface area contributed by atoms with Crippen molar-refractivity contribution in [2.75, 3.05) is 0 Å². The van der Waals surface area contributed by atoms with Gasteiger partial charge in [-0.05, 0) is 40.0 Å². The van der Waals surface area contributed by atoms with Gasteiger partial charge >= 0.3 is 12.1 Å². The fourth-order valence-electron chi connectivity index (χ4n) is 2.05. The van der Waals surface area contributed by atoms with Gasteiger partial charge in [0.05, 0.1) is 0 Å². The van der Waals surface area contributed by atoms with Crippen LogP contribution in [0.15, 0.2) is 0 Å². The molecule has 0 aromatic carbocycles. The number of amides is 1. The molecule has 0 saturated carbocycles. The van der Waals surface area contributed by atoms with Crippen LogP contribution in [0.25, 0.3) is 0 Å². The van der Waals surface area contributed by atoms with Crippen molar-refractivity contribution in [1.29, 1.82) is 0 Å². The van der Waals surface area contributed by atoms with Crippen LogP contribution in [-0.4, -0.2) is 39.8 Å². The highest BCUT2D eigenvalue weighted by Crippen LogP contribution is 2.31. The van der Waals surface area contributed by atoms with Crippen LogP contribution in [0.5, 0.6) is 0 Å². The summed E-state index contributed by atoms with van der Waals surface area (Å²) in [5.74, 6) is -0.796. The Morgan fingerprint density at radius 2 is 1.82 bits per heavy atom. The maximum absolute atomic E-state index is 12.0. The molecule has 1 rings (SSSR count). The molecule has 98 valence electrons. The van der Waals surface area contributed by atoms with E-state index in [0.29, 0.717) is 6.42 Å². The van der Waals surface area contributed by atoms with Crippen molar-refractivity contribution in [3.8, 4) is 0 Å². The number of aliphatic carboxylic acids is 1. The summed E-state index contributed by atoms with van der Waals surface area (Å²) in [7, 11) is 0. The lowest BCUT2D eigenvalue weighted by molar-refractivity contribution is -0.142. The summed E-state index contributed by atoms with van der Waals surface area (Å²) in [6, 6.07) is -0.874. The SMILES string of the molecule is CC1C[C@@H](C(=O)O)N(C(=O)OC(C)(C)C)[C@@H]1C. The van der Waals surface area contributed by atoms with Gasteiger partial charge < -0.3 is 9.84 Å². The predicted octanol–water partition coefficient (Wildman–Crippen LogP) is 2.10. The molecular formula is C12H21NO4. The Bertz CT molecular complexity index is 321. The first-order valence-corrected chi connectivity index (χ1v) is 5.87. The Labute approximate surface area is 102 Å². The normalized spacial score (nSPS) is 29.2. The number of hydrogen-bond donors (Lipinski definition) is 1. The Balaban J connectivity index is 2.85. The van der Waals surface area contributed by atoms with Crippen LogP contribution >= 0.6 is 0 Å². The minimum absolute atomic E-state index is 0.106. The van der Waals surface area contributed by atoms with Gasteiger partial charge in [0.25, 0.3) is 0 Å². The number of carbonyl (C=O) groups is 2. The third kappa shape index (κ3) is 3.11. The molecule has 17 heavy (non-hydrogen) atoms. The van der Waals surface area contributed by atoms with Gasteiger partial charge in [-0.2, -0.15) is 0 Å². The lowest BCUT2D eigenvalue weighted by atomic mass is 10.0. The van der Waals surface area contributed by atoms with Gasteiger partial charge in [0, 0.05) is 6.04 Å². The van der Waals surface area contributed by atoms with Crippen LogP contribution in [0, 0.1) is 5.92 Å². The second kappa shape index (κ2) is 4.55. The first-order chi connectivity index (χ1) is 7.63. The molecule has 1 N–H and O–H groups in total. The fraction of sp³-hybridized carbons (Fsp3) is 0.833. The molecule has 0 aromatic heterocycles. The highest BCUT2D eigenvalue weighted by atomic mass is 16.6. The van der Waals surface area contributed by atoms with E-state index in [1.165, 1.54) is 4.90 Å². The second-order valence-electron chi connectivity index (χ2n) is 5.70. The average molecular weight is 243 g/mol. The quantitative estimate of drug-likeness (QED) is 0.766. The summed E-state index contributed by atoms with van der Waals surface area (Å²) < 4.78 is 5.24. The standard InChI is InChI=1S/C12H21NO4/c1-7-6-9(10(14)15)13(8(7)2)11(16)17-12(3,4)5/h7-9H,6H2,1-5H3,(H,14,15)/t7?,8-,9+/m1/s1. The summed E-state index contributed by atoms with van der Waals surface area (Å²) >= 11 is 0. The Hall–Kier alpha value is -1.26. The third-order valence-corrected chi connectivity index (χ3v) is 3.08. The van der Waals surface area contributed by atoms with Gasteiger partial charge in [0.15, 0.2) is 0 Å². The molecule has 1 unspecified atom stereocenters. The van der Waals surface area contributed by atoms with Gasteiger partial charge in [0.1, 0.15) is 11.6 Å². The molecule has 5 heteroatoms. The fourth-order valence-corrected chi connectivity index (χ4v) is 2.05. The van der Waals surface area contributed by atoms with Gasteiger partial charge in [-0.1, -0.05) is 6.92 Å². The number of carboxylic acid groups (broad SMARTS) is 1. The monoisotopic (exact) mass is 243 g/mol. The highest BCUT2D eigenvalue weighted by molar-refractivity contribution is 5.81. The molecule has 0 aliphatic carbocycles. The van der Waals surface area contributed by atoms with Crippen LogP contribution in [0.1, 0.15) is 41.0 Å². The summed E-state index contributed by atoms with van der Waals surface area (Å²) in [5.41, 5.74) is -0.605. The first kappa shape index (κ1) is 13.8. The van der Waals surface area contributed by atoms with Crippen LogP contribution in [0.4, 0.5) is 4.79 Å². The summed E-state index contributed by atoms with van der Waals surface area (Å²) in [4.78, 5) is 24.4. The Morgan fingerprint density at radius 1 is 1.29 bits per heavy atom. The van der Waals surface area contributed by atoms with E-state index >= 15 is 0 Å². The van der Waals surface area contributed by atoms with Crippen molar-refractivity contribution >= 4 is 12.1 Å². The predicted molar refractivity (Wildman–Crippen MR) is 62.7 cm³/mol. The van der Waals surface area contributed by atoms with Crippen LogP contribution in [0.3, 0.4) is 0 Å².